The number of pyridine rings is 1. The second-order valence-electron chi connectivity index (χ2n) is 4.97. The summed E-state index contributed by atoms with van der Waals surface area (Å²) >= 11 is 0.275. The van der Waals surface area contributed by atoms with Gasteiger partial charge < -0.3 is 4.74 Å². The van der Waals surface area contributed by atoms with Gasteiger partial charge in [-0.05, 0) is 6.07 Å². The van der Waals surface area contributed by atoms with E-state index >= 15 is 0 Å². The lowest BCUT2D eigenvalue weighted by molar-refractivity contribution is -0.141. The van der Waals surface area contributed by atoms with Crippen LogP contribution >= 0.6 is 11.3 Å². The fourth-order valence-electron chi connectivity index (χ4n) is 1.90. The Balaban J connectivity index is 1.95. The molecule has 13 heteroatoms. The Bertz CT molecular complexity index is 976. The molecule has 0 atom stereocenters. The second kappa shape index (κ2) is 6.48. The van der Waals surface area contributed by atoms with Crippen molar-refractivity contribution in [2.24, 2.45) is 0 Å². The topological polar surface area (TPSA) is 39.9 Å². The first-order chi connectivity index (χ1) is 12.4. The first-order valence-electron chi connectivity index (χ1n) is 6.78. The van der Waals surface area contributed by atoms with Crippen molar-refractivity contribution < 1.29 is 39.9 Å². The van der Waals surface area contributed by atoms with E-state index in [1.807, 2.05) is 0 Å². The molecule has 0 N–H and O–H groups in total. The summed E-state index contributed by atoms with van der Waals surface area (Å²) in [5.74, 6) is -4.89. The summed E-state index contributed by atoms with van der Waals surface area (Å²) in [7, 11) is 0. The van der Waals surface area contributed by atoms with Gasteiger partial charge in [-0.15, -0.1) is 11.3 Å². The highest BCUT2D eigenvalue weighted by molar-refractivity contribution is 7.10. The van der Waals surface area contributed by atoms with Crippen LogP contribution < -0.4 is 4.74 Å². The Morgan fingerprint density at radius 2 is 1.67 bits per heavy atom. The molecule has 4 nitrogen and oxygen atoms in total. The number of nitrogens with zero attached hydrogens (tertiary/aromatic N) is 3. The molecule has 0 spiro atoms. The molecule has 0 aliphatic heterocycles. The van der Waals surface area contributed by atoms with E-state index in [2.05, 4.69) is 10.1 Å². The number of alkyl halides is 6. The second-order valence-corrected chi connectivity index (χ2v) is 5.88. The van der Waals surface area contributed by atoms with Crippen LogP contribution in [0.5, 0.6) is 11.6 Å². The Labute approximate surface area is 148 Å². The monoisotopic (exact) mass is 415 g/mol. The highest BCUT2D eigenvalue weighted by Crippen LogP contribution is 2.38. The molecule has 0 saturated carbocycles. The third kappa shape index (κ3) is 4.02. The van der Waals surface area contributed by atoms with Gasteiger partial charge in [-0.25, -0.2) is 13.5 Å². The van der Waals surface area contributed by atoms with Crippen LogP contribution in [0.15, 0.2) is 29.8 Å². The molecule has 3 aromatic rings. The van der Waals surface area contributed by atoms with Gasteiger partial charge >= 0.3 is 12.4 Å². The van der Waals surface area contributed by atoms with E-state index in [4.69, 9.17) is 4.74 Å². The molecule has 27 heavy (non-hydrogen) atoms. The average Bonchev–Trinajstić information content (AvgIpc) is 3.18. The zero-order chi connectivity index (χ0) is 20.0. The van der Waals surface area contributed by atoms with Crippen LogP contribution in [0.4, 0.5) is 35.1 Å². The highest BCUT2D eigenvalue weighted by Gasteiger charge is 2.34. The number of thiophene rings is 1. The molecule has 0 amide bonds. The van der Waals surface area contributed by atoms with Gasteiger partial charge in [0.1, 0.15) is 10.6 Å². The van der Waals surface area contributed by atoms with Crippen LogP contribution in [-0.4, -0.2) is 14.8 Å². The number of rotatable bonds is 3. The van der Waals surface area contributed by atoms with E-state index in [0.29, 0.717) is 16.8 Å². The summed E-state index contributed by atoms with van der Waals surface area (Å²) in [6, 6.07) is 1.38. The summed E-state index contributed by atoms with van der Waals surface area (Å²) < 4.78 is 108. The minimum Gasteiger partial charge on any atom is -0.436 e. The first kappa shape index (κ1) is 19.1. The Hall–Kier alpha value is -2.70. The molecule has 0 saturated heterocycles. The third-order valence-electron chi connectivity index (χ3n) is 3.04. The molecular weight excluding hydrogens is 410 g/mol. The predicted molar refractivity (Wildman–Crippen MR) is 75.7 cm³/mol. The minimum absolute atomic E-state index is 0.268. The maximum absolute atomic E-state index is 13.9. The van der Waals surface area contributed by atoms with E-state index in [1.165, 1.54) is 0 Å². The average molecular weight is 415 g/mol. The van der Waals surface area contributed by atoms with Gasteiger partial charge in [-0.3, -0.25) is 0 Å². The van der Waals surface area contributed by atoms with Gasteiger partial charge in [0, 0.05) is 23.7 Å². The van der Waals surface area contributed by atoms with Gasteiger partial charge in [-0.2, -0.15) is 36.4 Å². The number of hydrogen-bond donors (Lipinski definition) is 0. The molecule has 144 valence electrons. The van der Waals surface area contributed by atoms with Crippen LogP contribution in [0.3, 0.4) is 0 Å². The lowest BCUT2D eigenvalue weighted by Gasteiger charge is -2.08. The quantitative estimate of drug-likeness (QED) is 0.535. The molecule has 3 aromatic heterocycles. The van der Waals surface area contributed by atoms with E-state index in [1.54, 1.807) is 0 Å². The molecule has 0 fully saturated rings. The summed E-state index contributed by atoms with van der Waals surface area (Å²) in [6.45, 7) is 0. The maximum Gasteiger partial charge on any atom is 0.435 e. The zero-order valence-electron chi connectivity index (χ0n) is 12.6. The molecule has 0 radical (unpaired) electrons. The van der Waals surface area contributed by atoms with Crippen molar-refractivity contribution in [3.63, 3.8) is 0 Å². The van der Waals surface area contributed by atoms with Crippen molar-refractivity contribution in [1.82, 2.24) is 14.8 Å². The molecule has 0 bridgehead atoms. The normalized spacial score (nSPS) is 12.4. The van der Waals surface area contributed by atoms with E-state index in [9.17, 15) is 35.1 Å². The smallest absolute Gasteiger partial charge is 0.435 e. The number of aromatic nitrogens is 3. The SMILES string of the molecule is Fc1cc(F)c(-n2ccc(C(F)(F)F)n2)nc1Oc1csc(C(F)(F)F)c1. The van der Waals surface area contributed by atoms with Gasteiger partial charge in [0.2, 0.25) is 0 Å². The lowest BCUT2D eigenvalue weighted by Crippen LogP contribution is -2.09. The standard InChI is InChI=1S/C14H5F8N3OS/c15-7-4-8(16)12(26-6-3-10(27-5-6)14(20,21)22)23-11(7)25-2-1-9(24-25)13(17,18)19/h1-5H. The summed E-state index contributed by atoms with van der Waals surface area (Å²) in [6.07, 6.45) is -8.71. The van der Waals surface area contributed by atoms with E-state index < -0.39 is 52.0 Å². The number of hydrogen-bond acceptors (Lipinski definition) is 4. The Morgan fingerprint density at radius 1 is 0.963 bits per heavy atom. The first-order valence-corrected chi connectivity index (χ1v) is 7.66. The third-order valence-corrected chi connectivity index (χ3v) is 4.00. The molecule has 0 aliphatic carbocycles. The van der Waals surface area contributed by atoms with Crippen molar-refractivity contribution in [1.29, 1.82) is 0 Å². The Morgan fingerprint density at radius 3 is 2.22 bits per heavy atom. The molecule has 0 aliphatic rings. The predicted octanol–water partition coefficient (Wildman–Crippen LogP) is 5.44. The van der Waals surface area contributed by atoms with Gasteiger partial charge in [0.15, 0.2) is 23.1 Å². The van der Waals surface area contributed by atoms with Crippen molar-refractivity contribution in [2.45, 2.75) is 12.4 Å². The van der Waals surface area contributed by atoms with E-state index in [-0.39, 0.29) is 17.4 Å². The number of ether oxygens (including phenoxy) is 1. The van der Waals surface area contributed by atoms with Crippen molar-refractivity contribution in [3.8, 4) is 17.4 Å². The van der Waals surface area contributed by atoms with Crippen LogP contribution in [-0.2, 0) is 12.4 Å². The van der Waals surface area contributed by atoms with Gasteiger partial charge in [-0.1, -0.05) is 0 Å². The lowest BCUT2D eigenvalue weighted by atomic mass is 10.4. The highest BCUT2D eigenvalue weighted by atomic mass is 32.1. The molecular formula is C14H5F8N3OS. The molecule has 3 heterocycles. The van der Waals surface area contributed by atoms with Crippen molar-refractivity contribution in [3.05, 3.63) is 52.0 Å². The van der Waals surface area contributed by atoms with Crippen LogP contribution in [0.1, 0.15) is 10.6 Å². The van der Waals surface area contributed by atoms with Crippen molar-refractivity contribution in [2.75, 3.05) is 0 Å². The van der Waals surface area contributed by atoms with Crippen LogP contribution in [0.2, 0.25) is 0 Å². The summed E-state index contributed by atoms with van der Waals surface area (Å²) in [5.41, 5.74) is -1.34. The Kier molecular flexibility index (Phi) is 4.57. The fraction of sp³-hybridized carbons (Fsp3) is 0.143. The maximum atomic E-state index is 13.9. The molecule has 0 aromatic carbocycles. The molecule has 0 unspecified atom stereocenters. The summed E-state index contributed by atoms with van der Waals surface area (Å²) in [4.78, 5) is 2.36. The van der Waals surface area contributed by atoms with Crippen molar-refractivity contribution >= 4 is 11.3 Å². The fourth-order valence-corrected chi connectivity index (χ4v) is 2.58. The zero-order valence-corrected chi connectivity index (χ0v) is 13.4. The largest absolute Gasteiger partial charge is 0.436 e. The summed E-state index contributed by atoms with van der Waals surface area (Å²) in [5, 5.41) is 4.01. The molecule has 3 rings (SSSR count). The minimum atomic E-state index is -4.80. The van der Waals surface area contributed by atoms with E-state index in [0.717, 1.165) is 11.6 Å². The van der Waals surface area contributed by atoms with Gasteiger partial charge in [0.25, 0.3) is 5.88 Å². The van der Waals surface area contributed by atoms with Crippen LogP contribution in [0, 0.1) is 11.6 Å². The number of halogens is 8. The van der Waals surface area contributed by atoms with Gasteiger partial charge in [0.05, 0.1) is 0 Å². The van der Waals surface area contributed by atoms with Crippen LogP contribution in [0.25, 0.3) is 5.82 Å².